The third kappa shape index (κ3) is 3.23. The average Bonchev–Trinajstić information content (AvgIpc) is 2.76. The fourth-order valence-corrected chi connectivity index (χ4v) is 3.19. The Labute approximate surface area is 112 Å². The SMILES string of the molecule is CCOC(=O)N1CC[NH+](Cc2sccc2C)CC1. The minimum absolute atomic E-state index is 0.163. The zero-order valence-electron chi connectivity index (χ0n) is 11.1. The largest absolute Gasteiger partial charge is 0.450 e. The molecule has 2 rings (SSSR count). The van der Waals surface area contributed by atoms with Crippen molar-refractivity contribution in [1.82, 2.24) is 4.90 Å². The summed E-state index contributed by atoms with van der Waals surface area (Å²) < 4.78 is 5.02. The van der Waals surface area contributed by atoms with Crippen LogP contribution in [0.5, 0.6) is 0 Å². The van der Waals surface area contributed by atoms with Crippen LogP contribution in [0.15, 0.2) is 11.4 Å². The Morgan fingerprint density at radius 3 is 2.78 bits per heavy atom. The number of aryl methyl sites for hydroxylation is 1. The van der Waals surface area contributed by atoms with E-state index in [2.05, 4.69) is 18.4 Å². The predicted molar refractivity (Wildman–Crippen MR) is 72.1 cm³/mol. The molecule has 1 amide bonds. The molecule has 0 spiro atoms. The van der Waals surface area contributed by atoms with Crippen LogP contribution in [0.1, 0.15) is 17.4 Å². The Hall–Kier alpha value is -1.07. The van der Waals surface area contributed by atoms with Gasteiger partial charge in [-0.2, -0.15) is 0 Å². The molecule has 1 aromatic heterocycles. The first-order valence-electron chi connectivity index (χ1n) is 6.49. The average molecular weight is 269 g/mol. The highest BCUT2D eigenvalue weighted by atomic mass is 32.1. The van der Waals surface area contributed by atoms with Crippen molar-refractivity contribution in [3.05, 3.63) is 21.9 Å². The molecule has 18 heavy (non-hydrogen) atoms. The quantitative estimate of drug-likeness (QED) is 0.885. The summed E-state index contributed by atoms with van der Waals surface area (Å²) in [5, 5.41) is 2.15. The normalized spacial score (nSPS) is 16.9. The van der Waals surface area contributed by atoms with Crippen molar-refractivity contribution < 1.29 is 14.4 Å². The number of ether oxygens (including phenoxy) is 1. The van der Waals surface area contributed by atoms with Crippen molar-refractivity contribution in [3.63, 3.8) is 0 Å². The van der Waals surface area contributed by atoms with Gasteiger partial charge in [0.2, 0.25) is 0 Å². The predicted octanol–water partition coefficient (Wildman–Crippen LogP) is 0.914. The van der Waals surface area contributed by atoms with Crippen LogP contribution in [0, 0.1) is 6.92 Å². The van der Waals surface area contributed by atoms with E-state index < -0.39 is 0 Å². The molecule has 0 aromatic carbocycles. The van der Waals surface area contributed by atoms with Crippen molar-refractivity contribution in [1.29, 1.82) is 0 Å². The number of thiophene rings is 1. The first-order chi connectivity index (χ1) is 8.70. The molecule has 0 atom stereocenters. The zero-order valence-corrected chi connectivity index (χ0v) is 11.9. The second-order valence-electron chi connectivity index (χ2n) is 4.64. The molecule has 1 N–H and O–H groups in total. The Morgan fingerprint density at radius 2 is 2.22 bits per heavy atom. The molecule has 0 aliphatic carbocycles. The summed E-state index contributed by atoms with van der Waals surface area (Å²) in [7, 11) is 0. The van der Waals surface area contributed by atoms with E-state index in [4.69, 9.17) is 4.74 Å². The van der Waals surface area contributed by atoms with Gasteiger partial charge in [-0.25, -0.2) is 4.79 Å². The van der Waals surface area contributed by atoms with Crippen LogP contribution in [-0.4, -0.2) is 43.8 Å². The number of amides is 1. The van der Waals surface area contributed by atoms with Crippen LogP contribution in [0.2, 0.25) is 0 Å². The van der Waals surface area contributed by atoms with E-state index in [0.717, 1.165) is 32.7 Å². The summed E-state index contributed by atoms with van der Waals surface area (Å²) in [6.45, 7) is 9.18. The van der Waals surface area contributed by atoms with Crippen molar-refractivity contribution in [2.24, 2.45) is 0 Å². The molecule has 1 aromatic rings. The van der Waals surface area contributed by atoms with Gasteiger partial charge in [-0.05, 0) is 30.9 Å². The van der Waals surface area contributed by atoms with Crippen molar-refractivity contribution in [3.8, 4) is 0 Å². The third-order valence-electron chi connectivity index (χ3n) is 3.38. The molecule has 5 heteroatoms. The molecule has 4 nitrogen and oxygen atoms in total. The number of nitrogens with zero attached hydrogens (tertiary/aromatic N) is 1. The number of carbonyl (C=O) groups excluding carboxylic acids is 1. The van der Waals surface area contributed by atoms with Crippen LogP contribution < -0.4 is 4.90 Å². The van der Waals surface area contributed by atoms with Gasteiger partial charge in [0.05, 0.1) is 37.7 Å². The molecule has 100 valence electrons. The zero-order chi connectivity index (χ0) is 13.0. The first kappa shape index (κ1) is 13.4. The molecular weight excluding hydrogens is 248 g/mol. The lowest BCUT2D eigenvalue weighted by molar-refractivity contribution is -0.917. The molecule has 0 radical (unpaired) electrons. The number of quaternary nitrogens is 1. The number of rotatable bonds is 3. The molecule has 0 bridgehead atoms. The Kier molecular flexibility index (Phi) is 4.60. The second kappa shape index (κ2) is 6.20. The lowest BCUT2D eigenvalue weighted by Gasteiger charge is -2.31. The van der Waals surface area contributed by atoms with E-state index in [1.807, 2.05) is 23.2 Å². The fourth-order valence-electron chi connectivity index (χ4n) is 2.21. The Balaban J connectivity index is 1.80. The van der Waals surface area contributed by atoms with E-state index in [-0.39, 0.29) is 6.09 Å². The van der Waals surface area contributed by atoms with E-state index in [0.29, 0.717) is 6.61 Å². The fraction of sp³-hybridized carbons (Fsp3) is 0.615. The standard InChI is InChI=1S/C13H20N2O2S/c1-3-17-13(16)15-7-5-14(6-8-15)10-12-11(2)4-9-18-12/h4,9H,3,5-8,10H2,1-2H3/p+1. The number of nitrogens with one attached hydrogen (secondary N) is 1. The van der Waals surface area contributed by atoms with Gasteiger partial charge in [0.15, 0.2) is 0 Å². The summed E-state index contributed by atoms with van der Waals surface area (Å²) in [5.74, 6) is 0. The molecular formula is C13H21N2O2S+. The highest BCUT2D eigenvalue weighted by Crippen LogP contribution is 2.13. The number of piperazine rings is 1. The number of hydrogen-bond acceptors (Lipinski definition) is 3. The highest BCUT2D eigenvalue weighted by Gasteiger charge is 2.24. The minimum Gasteiger partial charge on any atom is -0.450 e. The van der Waals surface area contributed by atoms with Gasteiger partial charge in [-0.3, -0.25) is 4.90 Å². The molecule has 1 aliphatic heterocycles. The van der Waals surface area contributed by atoms with Gasteiger partial charge < -0.3 is 9.64 Å². The van der Waals surface area contributed by atoms with Crippen LogP contribution in [0.25, 0.3) is 0 Å². The van der Waals surface area contributed by atoms with E-state index in [9.17, 15) is 4.79 Å². The maximum atomic E-state index is 11.6. The lowest BCUT2D eigenvalue weighted by atomic mass is 10.2. The Morgan fingerprint density at radius 1 is 1.50 bits per heavy atom. The van der Waals surface area contributed by atoms with Gasteiger partial charge in [0.25, 0.3) is 0 Å². The minimum atomic E-state index is -0.163. The van der Waals surface area contributed by atoms with Gasteiger partial charge in [0.1, 0.15) is 6.54 Å². The van der Waals surface area contributed by atoms with Gasteiger partial charge in [-0.15, -0.1) is 11.3 Å². The summed E-state index contributed by atoms with van der Waals surface area (Å²) in [5.41, 5.74) is 1.39. The summed E-state index contributed by atoms with van der Waals surface area (Å²) in [6.07, 6.45) is -0.163. The molecule has 0 unspecified atom stereocenters. The molecule has 1 fully saturated rings. The Bertz CT molecular complexity index is 397. The van der Waals surface area contributed by atoms with Gasteiger partial charge in [-0.1, -0.05) is 0 Å². The van der Waals surface area contributed by atoms with Gasteiger partial charge in [0, 0.05) is 0 Å². The van der Waals surface area contributed by atoms with Crippen molar-refractivity contribution >= 4 is 17.4 Å². The van der Waals surface area contributed by atoms with Crippen LogP contribution >= 0.6 is 11.3 Å². The molecule has 2 heterocycles. The van der Waals surface area contributed by atoms with Crippen LogP contribution in [0.4, 0.5) is 4.79 Å². The van der Waals surface area contributed by atoms with Crippen molar-refractivity contribution in [2.75, 3.05) is 32.8 Å². The summed E-state index contributed by atoms with van der Waals surface area (Å²) in [6, 6.07) is 2.17. The highest BCUT2D eigenvalue weighted by molar-refractivity contribution is 7.10. The summed E-state index contributed by atoms with van der Waals surface area (Å²) in [4.78, 5) is 16.4. The molecule has 0 saturated carbocycles. The third-order valence-corrected chi connectivity index (χ3v) is 4.40. The van der Waals surface area contributed by atoms with E-state index in [1.54, 1.807) is 4.90 Å². The van der Waals surface area contributed by atoms with Crippen LogP contribution in [0.3, 0.4) is 0 Å². The number of carbonyl (C=O) groups is 1. The van der Waals surface area contributed by atoms with E-state index >= 15 is 0 Å². The maximum absolute atomic E-state index is 11.6. The number of hydrogen-bond donors (Lipinski definition) is 1. The van der Waals surface area contributed by atoms with Gasteiger partial charge >= 0.3 is 6.09 Å². The smallest absolute Gasteiger partial charge is 0.410 e. The second-order valence-corrected chi connectivity index (χ2v) is 5.64. The monoisotopic (exact) mass is 269 g/mol. The summed E-state index contributed by atoms with van der Waals surface area (Å²) >= 11 is 1.83. The first-order valence-corrected chi connectivity index (χ1v) is 7.37. The maximum Gasteiger partial charge on any atom is 0.410 e. The molecule has 1 saturated heterocycles. The lowest BCUT2D eigenvalue weighted by Crippen LogP contribution is -3.13. The van der Waals surface area contributed by atoms with Crippen molar-refractivity contribution in [2.45, 2.75) is 20.4 Å². The topological polar surface area (TPSA) is 34.0 Å². The molecule has 1 aliphatic rings. The van der Waals surface area contributed by atoms with E-state index in [1.165, 1.54) is 10.4 Å². The van der Waals surface area contributed by atoms with Crippen LogP contribution in [-0.2, 0) is 11.3 Å².